The first-order valence-corrected chi connectivity index (χ1v) is 7.01. The Balaban J connectivity index is 2.05. The van der Waals surface area contributed by atoms with E-state index in [1.54, 1.807) is 11.3 Å². The highest BCUT2D eigenvalue weighted by molar-refractivity contribution is 7.07. The van der Waals surface area contributed by atoms with Crippen molar-refractivity contribution in [1.82, 2.24) is 10.2 Å². The van der Waals surface area contributed by atoms with Gasteiger partial charge >= 0.3 is 0 Å². The summed E-state index contributed by atoms with van der Waals surface area (Å²) in [6.45, 7) is 10.3. The molecule has 2 nitrogen and oxygen atoms in total. The van der Waals surface area contributed by atoms with Crippen molar-refractivity contribution < 1.29 is 0 Å². The molecule has 16 heavy (non-hydrogen) atoms. The molecular formula is C13H22N2S. The Morgan fingerprint density at radius 2 is 2.38 bits per heavy atom. The zero-order valence-corrected chi connectivity index (χ0v) is 11.3. The summed E-state index contributed by atoms with van der Waals surface area (Å²) in [7, 11) is 0. The number of nitrogens with zero attached hydrogens (tertiary/aromatic N) is 1. The Hall–Kier alpha value is -0.380. The minimum Gasteiger partial charge on any atom is -0.310 e. The van der Waals surface area contributed by atoms with Crippen molar-refractivity contribution in [3.8, 4) is 0 Å². The van der Waals surface area contributed by atoms with Gasteiger partial charge in [0.15, 0.2) is 0 Å². The maximum Gasteiger partial charge on any atom is 0.0252 e. The summed E-state index contributed by atoms with van der Waals surface area (Å²) in [6.07, 6.45) is 1.24. The average Bonchev–Trinajstić information content (AvgIpc) is 2.64. The molecule has 1 aliphatic heterocycles. The molecule has 0 spiro atoms. The Bertz CT molecular complexity index is 319. The predicted molar refractivity (Wildman–Crippen MR) is 70.9 cm³/mol. The molecule has 1 saturated heterocycles. The summed E-state index contributed by atoms with van der Waals surface area (Å²) in [5.74, 6) is 0. The maximum absolute atomic E-state index is 3.62. The summed E-state index contributed by atoms with van der Waals surface area (Å²) in [4.78, 5) is 2.60. The van der Waals surface area contributed by atoms with E-state index in [0.29, 0.717) is 6.04 Å². The second-order valence-electron chi connectivity index (χ2n) is 5.48. The van der Waals surface area contributed by atoms with Crippen molar-refractivity contribution in [2.45, 2.75) is 45.3 Å². The molecule has 1 fully saturated rings. The molecule has 3 heteroatoms. The van der Waals surface area contributed by atoms with Crippen LogP contribution in [0.4, 0.5) is 0 Å². The van der Waals surface area contributed by atoms with Gasteiger partial charge in [-0.2, -0.15) is 11.3 Å². The third-order valence-electron chi connectivity index (χ3n) is 3.35. The lowest BCUT2D eigenvalue weighted by atomic mass is 10.1. The van der Waals surface area contributed by atoms with Gasteiger partial charge in [-0.1, -0.05) is 0 Å². The number of hydrogen-bond acceptors (Lipinski definition) is 3. The van der Waals surface area contributed by atoms with Gasteiger partial charge in [-0.25, -0.2) is 0 Å². The lowest BCUT2D eigenvalue weighted by molar-refractivity contribution is 0.173. The van der Waals surface area contributed by atoms with Crippen LogP contribution >= 0.6 is 11.3 Å². The Kier molecular flexibility index (Phi) is 3.67. The van der Waals surface area contributed by atoms with Crippen molar-refractivity contribution in [2.24, 2.45) is 0 Å². The molecule has 1 aromatic rings. The number of rotatable bonds is 2. The second-order valence-corrected chi connectivity index (χ2v) is 6.26. The molecule has 90 valence electrons. The second kappa shape index (κ2) is 4.86. The van der Waals surface area contributed by atoms with Crippen LogP contribution in [0.1, 0.15) is 32.8 Å². The molecule has 2 heterocycles. The van der Waals surface area contributed by atoms with E-state index in [1.165, 1.54) is 12.0 Å². The highest BCUT2D eigenvalue weighted by Gasteiger charge is 2.27. The summed E-state index contributed by atoms with van der Waals surface area (Å²) in [5, 5.41) is 8.05. The van der Waals surface area contributed by atoms with E-state index >= 15 is 0 Å². The minimum atomic E-state index is 0.237. The third-order valence-corrected chi connectivity index (χ3v) is 4.09. The standard InChI is InChI=1S/C13H22N2S/c1-11-4-6-14-13(2,3)10-15(11)8-12-5-7-16-9-12/h5,7,9,11,14H,4,6,8,10H2,1-3H3. The van der Waals surface area contributed by atoms with E-state index in [2.05, 4.69) is 47.8 Å². The fourth-order valence-corrected chi connectivity index (χ4v) is 3.01. The smallest absolute Gasteiger partial charge is 0.0252 e. The molecule has 2 rings (SSSR count). The van der Waals surface area contributed by atoms with E-state index in [0.717, 1.165) is 19.6 Å². The average molecular weight is 238 g/mol. The SMILES string of the molecule is CC1CCNC(C)(C)CN1Cc1ccsc1. The fraction of sp³-hybridized carbons (Fsp3) is 0.692. The number of thiophene rings is 1. The Morgan fingerprint density at radius 1 is 1.56 bits per heavy atom. The first-order chi connectivity index (χ1) is 7.57. The summed E-state index contributed by atoms with van der Waals surface area (Å²) < 4.78 is 0. The van der Waals surface area contributed by atoms with Crippen LogP contribution in [0.3, 0.4) is 0 Å². The summed E-state index contributed by atoms with van der Waals surface area (Å²) in [6, 6.07) is 2.91. The number of hydrogen-bond donors (Lipinski definition) is 1. The van der Waals surface area contributed by atoms with Crippen LogP contribution in [-0.2, 0) is 6.54 Å². The first kappa shape index (κ1) is 12.1. The van der Waals surface area contributed by atoms with Crippen LogP contribution in [0.15, 0.2) is 16.8 Å². The van der Waals surface area contributed by atoms with E-state index in [-0.39, 0.29) is 5.54 Å². The quantitative estimate of drug-likeness (QED) is 0.852. The molecule has 0 aromatic carbocycles. The molecule has 0 saturated carbocycles. The van der Waals surface area contributed by atoms with Crippen molar-refractivity contribution in [3.05, 3.63) is 22.4 Å². The third kappa shape index (κ3) is 3.06. The first-order valence-electron chi connectivity index (χ1n) is 6.07. The van der Waals surface area contributed by atoms with E-state index in [9.17, 15) is 0 Å². The van der Waals surface area contributed by atoms with Crippen LogP contribution in [0.5, 0.6) is 0 Å². The van der Waals surface area contributed by atoms with Crippen molar-refractivity contribution in [1.29, 1.82) is 0 Å². The summed E-state index contributed by atoms with van der Waals surface area (Å²) >= 11 is 1.79. The normalized spacial score (nSPS) is 26.6. The van der Waals surface area contributed by atoms with E-state index < -0.39 is 0 Å². The Labute approximate surface area is 103 Å². The van der Waals surface area contributed by atoms with Gasteiger partial charge < -0.3 is 5.32 Å². The highest BCUT2D eigenvalue weighted by atomic mass is 32.1. The predicted octanol–water partition coefficient (Wildman–Crippen LogP) is 2.71. The van der Waals surface area contributed by atoms with Gasteiger partial charge in [0.25, 0.3) is 0 Å². The topological polar surface area (TPSA) is 15.3 Å². The molecular weight excluding hydrogens is 216 g/mol. The van der Waals surface area contributed by atoms with E-state index in [4.69, 9.17) is 0 Å². The van der Waals surface area contributed by atoms with Crippen LogP contribution in [0.2, 0.25) is 0 Å². The minimum absolute atomic E-state index is 0.237. The van der Waals surface area contributed by atoms with Crippen LogP contribution in [0.25, 0.3) is 0 Å². The monoisotopic (exact) mass is 238 g/mol. The highest BCUT2D eigenvalue weighted by Crippen LogP contribution is 2.19. The van der Waals surface area contributed by atoms with Gasteiger partial charge in [0.1, 0.15) is 0 Å². The molecule has 1 unspecified atom stereocenters. The zero-order valence-electron chi connectivity index (χ0n) is 10.5. The zero-order chi connectivity index (χ0) is 11.6. The molecule has 1 N–H and O–H groups in total. The van der Waals surface area contributed by atoms with Gasteiger partial charge in [-0.15, -0.1) is 0 Å². The molecule has 0 amide bonds. The van der Waals surface area contributed by atoms with Crippen molar-refractivity contribution in [2.75, 3.05) is 13.1 Å². The summed E-state index contributed by atoms with van der Waals surface area (Å²) in [5.41, 5.74) is 1.69. The van der Waals surface area contributed by atoms with Gasteiger partial charge in [0, 0.05) is 24.7 Å². The van der Waals surface area contributed by atoms with Gasteiger partial charge in [0.05, 0.1) is 0 Å². The lowest BCUT2D eigenvalue weighted by Crippen LogP contribution is -2.47. The van der Waals surface area contributed by atoms with Gasteiger partial charge in [-0.05, 0) is 56.1 Å². The molecule has 1 aromatic heterocycles. The van der Waals surface area contributed by atoms with Gasteiger partial charge in [-0.3, -0.25) is 4.90 Å². The fourth-order valence-electron chi connectivity index (χ4n) is 2.35. The molecule has 0 aliphatic carbocycles. The van der Waals surface area contributed by atoms with Crippen molar-refractivity contribution >= 4 is 11.3 Å². The maximum atomic E-state index is 3.62. The van der Waals surface area contributed by atoms with Crippen LogP contribution < -0.4 is 5.32 Å². The Morgan fingerprint density at radius 3 is 3.06 bits per heavy atom. The molecule has 1 atom stereocenters. The van der Waals surface area contributed by atoms with Crippen molar-refractivity contribution in [3.63, 3.8) is 0 Å². The molecule has 0 bridgehead atoms. The van der Waals surface area contributed by atoms with Crippen LogP contribution in [-0.4, -0.2) is 29.6 Å². The molecule has 0 radical (unpaired) electrons. The van der Waals surface area contributed by atoms with Crippen LogP contribution in [0, 0.1) is 0 Å². The molecule has 1 aliphatic rings. The number of nitrogens with one attached hydrogen (secondary N) is 1. The largest absolute Gasteiger partial charge is 0.310 e. The van der Waals surface area contributed by atoms with E-state index in [1.807, 2.05) is 0 Å². The van der Waals surface area contributed by atoms with Gasteiger partial charge in [0.2, 0.25) is 0 Å². The lowest BCUT2D eigenvalue weighted by Gasteiger charge is -2.32.